The van der Waals surface area contributed by atoms with Crippen molar-refractivity contribution >= 4 is 114 Å². The van der Waals surface area contributed by atoms with Crippen molar-refractivity contribution in [2.45, 2.75) is 109 Å². The van der Waals surface area contributed by atoms with Crippen molar-refractivity contribution in [3.8, 4) is 0 Å². The number of rotatable bonds is 0. The average molecular weight is 1250 g/mol. The molecule has 15 heteroatoms. The summed E-state index contributed by atoms with van der Waals surface area (Å²) in [6.07, 6.45) is 0.585. The highest BCUT2D eigenvalue weighted by Crippen LogP contribution is 2.53. The Morgan fingerprint density at radius 3 is 1.16 bits per heavy atom. The highest BCUT2D eigenvalue weighted by molar-refractivity contribution is 6.35. The smallest absolute Gasteiger partial charge is 0.324 e. The van der Waals surface area contributed by atoms with Gasteiger partial charge in [0.1, 0.15) is 11.6 Å². The van der Waals surface area contributed by atoms with E-state index in [9.17, 15) is 0 Å². The quantitative estimate of drug-likeness (QED) is 0.144. The Labute approximate surface area is 553 Å². The van der Waals surface area contributed by atoms with Crippen LogP contribution in [0, 0.1) is 13.8 Å². The summed E-state index contributed by atoms with van der Waals surface area (Å²) in [7, 11) is 0. The van der Waals surface area contributed by atoms with Gasteiger partial charge in [0.05, 0.1) is 39.1 Å². The molecule has 0 amide bonds. The van der Waals surface area contributed by atoms with E-state index in [1.165, 1.54) is 5.56 Å². The molecular formula is C80H75N15+2. The van der Waals surface area contributed by atoms with E-state index >= 15 is 0 Å². The number of aryl methyl sites for hydroxylation is 2. The van der Waals surface area contributed by atoms with Crippen LogP contribution in [0.15, 0.2) is 232 Å². The monoisotopic (exact) mass is 1250 g/mol. The number of amidine groups is 8. The Balaban J connectivity index is 0.000000142. The maximum Gasteiger partial charge on any atom is 0.404 e. The number of hydrogen-bond acceptors (Lipinski definition) is 10. The van der Waals surface area contributed by atoms with Gasteiger partial charge < -0.3 is 4.98 Å². The molecule has 0 saturated carbocycles. The number of aliphatic imine (C=N–C) groups is 8. The number of fused-ring (bicyclic) bond motifs is 30. The third kappa shape index (κ3) is 8.56. The van der Waals surface area contributed by atoms with Crippen LogP contribution in [0.25, 0.3) is 32.3 Å². The van der Waals surface area contributed by atoms with Crippen molar-refractivity contribution < 1.29 is 9.15 Å². The number of nitrogens with zero attached hydrogens (tertiary/aromatic N) is 14. The Bertz CT molecular complexity index is 5520. The summed E-state index contributed by atoms with van der Waals surface area (Å²) in [6.45, 7) is 28.3. The maximum absolute atomic E-state index is 5.48. The topological polar surface area (TPSA) is 155 Å². The van der Waals surface area contributed by atoms with Crippen molar-refractivity contribution in [2.24, 2.45) is 49.9 Å². The lowest BCUT2D eigenvalue weighted by atomic mass is 10.1. The fraction of sp³-hybridized carbons (Fsp3) is 0.200. The van der Waals surface area contributed by atoms with Gasteiger partial charge in [0, 0.05) is 66.7 Å². The molecule has 9 aliphatic heterocycles. The van der Waals surface area contributed by atoms with Crippen LogP contribution in [-0.2, 0) is 5.91 Å². The molecular weight excluding hydrogens is 1170 g/mol. The van der Waals surface area contributed by atoms with Gasteiger partial charge in [0.2, 0.25) is 22.6 Å². The average Bonchev–Trinajstić information content (AvgIpc) is 1.49. The van der Waals surface area contributed by atoms with E-state index in [-0.39, 0.29) is 0 Å². The summed E-state index contributed by atoms with van der Waals surface area (Å²) in [6, 6.07) is 62.8. The Morgan fingerprint density at radius 2 is 0.684 bits per heavy atom. The van der Waals surface area contributed by atoms with Gasteiger partial charge >= 0.3 is 5.91 Å². The van der Waals surface area contributed by atoms with Crippen LogP contribution >= 0.6 is 0 Å². The van der Waals surface area contributed by atoms with Gasteiger partial charge in [-0.3, -0.25) is 0 Å². The normalized spacial score (nSPS) is 16.5. The first kappa shape index (κ1) is 61.2. The molecule has 1 N–H and O–H groups in total. The molecule has 95 heavy (non-hydrogen) atoms. The third-order valence-corrected chi connectivity index (χ3v) is 17.7. The minimum absolute atomic E-state index is 0.585. The van der Waals surface area contributed by atoms with E-state index < -0.39 is 5.91 Å². The zero-order valence-corrected chi connectivity index (χ0v) is 56.3. The predicted octanol–water partition coefficient (Wildman–Crippen LogP) is 17.0. The molecule has 8 bridgehead atoms. The zero-order chi connectivity index (χ0) is 66.1. The minimum atomic E-state index is -0.930. The summed E-state index contributed by atoms with van der Waals surface area (Å²) in [5.41, 5.74) is 16.3. The molecule has 12 heterocycles. The lowest BCUT2D eigenvalue weighted by Gasteiger charge is -2.40. The molecule has 15 nitrogen and oxygen atoms in total. The largest absolute Gasteiger partial charge is 0.404 e. The molecule has 1 atom stereocenters. The number of aromatic nitrogens is 3. The molecule has 8 aromatic carbocycles. The number of hydrogen-bond donors (Lipinski definition) is 1. The van der Waals surface area contributed by atoms with Crippen LogP contribution in [0.5, 0.6) is 0 Å². The first-order chi connectivity index (χ1) is 47.0. The summed E-state index contributed by atoms with van der Waals surface area (Å²) < 4.78 is 9.37. The lowest BCUT2D eigenvalue weighted by molar-refractivity contribution is -0.790. The number of nitrogens with one attached hydrogen (secondary N) is 1. The van der Waals surface area contributed by atoms with Gasteiger partial charge in [-0.2, -0.15) is 9.13 Å². The molecule has 11 aromatic rings. The molecule has 3 aromatic heterocycles. The van der Waals surface area contributed by atoms with Gasteiger partial charge in [0.15, 0.2) is 23.3 Å². The Morgan fingerprint density at radius 1 is 0.316 bits per heavy atom. The van der Waals surface area contributed by atoms with Crippen molar-refractivity contribution in [3.63, 3.8) is 0 Å². The first-order valence-corrected chi connectivity index (χ1v) is 33.8. The highest BCUT2D eigenvalue weighted by atomic mass is 15.7. The third-order valence-electron chi connectivity index (χ3n) is 17.7. The van der Waals surface area contributed by atoms with E-state index in [0.29, 0.717) is 41.4 Å². The molecule has 1 aliphatic carbocycles. The first-order valence-electron chi connectivity index (χ1n) is 33.8. The van der Waals surface area contributed by atoms with E-state index in [2.05, 4.69) is 177 Å². The molecule has 468 valence electrons. The number of H-pyrrole nitrogens is 1. The summed E-state index contributed by atoms with van der Waals surface area (Å²) in [5, 5.41) is 6.40. The van der Waals surface area contributed by atoms with Crippen molar-refractivity contribution in [1.82, 2.24) is 14.1 Å². The van der Waals surface area contributed by atoms with Gasteiger partial charge in [-0.25, -0.2) is 30.0 Å². The molecule has 0 saturated heterocycles. The molecule has 0 fully saturated rings. The Kier molecular flexibility index (Phi) is 15.7. The molecule has 0 radical (unpaired) electrons. The van der Waals surface area contributed by atoms with Crippen LogP contribution in [0.3, 0.4) is 0 Å². The van der Waals surface area contributed by atoms with Gasteiger partial charge in [0.25, 0.3) is 23.3 Å². The van der Waals surface area contributed by atoms with Crippen molar-refractivity contribution in [1.29, 1.82) is 0 Å². The number of aromatic amines is 1. The van der Waals surface area contributed by atoms with Crippen LogP contribution in [0.1, 0.15) is 156 Å². The standard InChI is InChI=1S/C34H18N8.C34H21N7.6C2H6/c1-17-9-8-16-24-25(17)33-38-31-23-15-7-6-14-22(23)29-36-27-19-11-3-2-10-18(19)26-35-28-20-12-4-5-13-21(20)30-37-32(24)42(33)34(39(26)27,40(28)30)41(29)31;1-18-9-8-16-25-28(18)34-40-32-24-15-7-5-13-22(24)30(38-32)36-27-17-26(19-10-2-3-11-20(19)27)35-29-21-12-4-6-14-23(21)31(37-29)39-33(25)41-34;6*1-2/h2-16H,1H3;2-16H,17H2,1H3,(H,35,36,37,38,39,40,41);6*1-2H3/q+2;;;;;;;. The van der Waals surface area contributed by atoms with Gasteiger partial charge in [-0.1, -0.05) is 243 Å². The highest BCUT2D eigenvalue weighted by Gasteiger charge is 2.69. The van der Waals surface area contributed by atoms with Crippen LogP contribution in [0.2, 0.25) is 0 Å². The molecule has 1 spiro atoms. The fourth-order valence-corrected chi connectivity index (χ4v) is 14.3. The minimum Gasteiger partial charge on any atom is -0.324 e. The summed E-state index contributed by atoms with van der Waals surface area (Å²) in [5.74, 6) is 8.49. The van der Waals surface area contributed by atoms with Crippen molar-refractivity contribution in [3.05, 3.63) is 260 Å². The summed E-state index contributed by atoms with van der Waals surface area (Å²) >= 11 is 0. The van der Waals surface area contributed by atoms with Crippen LogP contribution in [0.4, 0.5) is 23.3 Å². The van der Waals surface area contributed by atoms with Crippen LogP contribution in [-0.4, -0.2) is 81.4 Å². The van der Waals surface area contributed by atoms with Gasteiger partial charge in [-0.15, -0.1) is 9.15 Å². The molecule has 1 unspecified atom stereocenters. The predicted molar refractivity (Wildman–Crippen MR) is 392 cm³/mol. The second-order valence-electron chi connectivity index (χ2n) is 22.1. The Hall–Kier alpha value is -11.3. The molecule has 21 rings (SSSR count). The van der Waals surface area contributed by atoms with E-state index in [4.69, 9.17) is 49.9 Å². The van der Waals surface area contributed by atoms with Crippen LogP contribution < -0.4 is 11.0 Å². The molecule has 10 aliphatic rings. The van der Waals surface area contributed by atoms with E-state index in [1.54, 1.807) is 0 Å². The fourth-order valence-electron chi connectivity index (χ4n) is 14.3. The van der Waals surface area contributed by atoms with E-state index in [1.807, 2.05) is 126 Å². The zero-order valence-electron chi connectivity index (χ0n) is 56.3. The second kappa shape index (κ2) is 24.3. The maximum atomic E-state index is 5.48. The van der Waals surface area contributed by atoms with Gasteiger partial charge in [-0.05, 0) is 67.4 Å². The lowest BCUT2D eigenvalue weighted by Crippen LogP contribution is -2.71. The SMILES string of the molecule is CC.CC.CC.CC.CC.CC.Cc1cccc2c3[nH]c(c12)N=C1N=C(N=C2CC(=NC4=NC(=N3)c3ccccc34)c3ccccc32)c2ccccc21.Cc1cccc2c3n4c(c12)N=C1c2ccccc2C2=[N+]1C41n4c(c5ccccc5c4=N2)=NC2=[N+]1C(=N3)c1ccccc12. The number of benzene rings is 8. The summed E-state index contributed by atoms with van der Waals surface area (Å²) in [4.78, 5) is 55.7. The van der Waals surface area contributed by atoms with Crippen molar-refractivity contribution in [2.75, 3.05) is 0 Å². The second-order valence-corrected chi connectivity index (χ2v) is 22.1. The van der Waals surface area contributed by atoms with E-state index in [0.717, 1.165) is 151 Å².